The molecule has 0 bridgehead atoms. The maximum absolute atomic E-state index is 4.69. The molecule has 2 fully saturated rings. The van der Waals surface area contributed by atoms with E-state index in [2.05, 4.69) is 34.4 Å². The highest BCUT2D eigenvalue weighted by Gasteiger charge is 2.35. The molecule has 1 aromatic rings. The molecule has 1 N–H and O–H groups in total. The third kappa shape index (κ3) is 3.04. The van der Waals surface area contributed by atoms with Gasteiger partial charge in [-0.15, -0.1) is 11.3 Å². The molecule has 0 spiro atoms. The molecular weight excluding hydrogens is 248 g/mol. The average Bonchev–Trinajstić information content (AvgIpc) is 3.10. The van der Waals surface area contributed by atoms with Gasteiger partial charge < -0.3 is 5.32 Å². The predicted molar refractivity (Wildman–Crippen MR) is 75.8 cm³/mol. The monoisotopic (exact) mass is 268 g/mol. The van der Waals surface area contributed by atoms with Crippen molar-refractivity contribution in [2.24, 2.45) is 5.92 Å². The van der Waals surface area contributed by atoms with Crippen molar-refractivity contribution in [3.8, 4) is 0 Å². The minimum Gasteiger partial charge on any atom is -0.304 e. The van der Waals surface area contributed by atoms with Crippen LogP contribution in [0.3, 0.4) is 0 Å². The van der Waals surface area contributed by atoms with Crippen LogP contribution < -0.4 is 5.32 Å². The van der Waals surface area contributed by atoms with E-state index in [-0.39, 0.29) is 0 Å². The first-order chi connectivity index (χ1) is 8.33. The Labute approximate surface area is 112 Å². The largest absolute Gasteiger partial charge is 0.304 e. The van der Waals surface area contributed by atoms with Crippen molar-refractivity contribution in [1.82, 2.24) is 10.3 Å². The van der Waals surface area contributed by atoms with Crippen molar-refractivity contribution >= 4 is 23.1 Å². The van der Waals surface area contributed by atoms with E-state index in [0.29, 0.717) is 12.1 Å². The number of nitrogens with zero attached hydrogens (tertiary/aromatic N) is 1. The fourth-order valence-corrected chi connectivity index (χ4v) is 4.51. The van der Waals surface area contributed by atoms with Crippen LogP contribution in [0.5, 0.6) is 0 Å². The number of aryl methyl sites for hydroxylation is 1. The number of thioether (sulfide) groups is 1. The van der Waals surface area contributed by atoms with Crippen LogP contribution in [-0.2, 0) is 0 Å². The summed E-state index contributed by atoms with van der Waals surface area (Å²) in [5, 5.41) is 7.38. The van der Waals surface area contributed by atoms with Gasteiger partial charge in [0.25, 0.3) is 0 Å². The Hall–Kier alpha value is -0.0600. The lowest BCUT2D eigenvalue weighted by Crippen LogP contribution is -2.37. The van der Waals surface area contributed by atoms with Gasteiger partial charge in [0.15, 0.2) is 0 Å². The molecule has 1 saturated heterocycles. The molecule has 0 amide bonds. The van der Waals surface area contributed by atoms with Gasteiger partial charge in [-0.25, -0.2) is 4.98 Å². The summed E-state index contributed by atoms with van der Waals surface area (Å²) in [5.74, 6) is 3.49. The Morgan fingerprint density at radius 1 is 1.41 bits per heavy atom. The van der Waals surface area contributed by atoms with Gasteiger partial charge in [0.05, 0.1) is 6.04 Å². The van der Waals surface area contributed by atoms with E-state index < -0.39 is 0 Å². The molecule has 1 aromatic heterocycles. The molecule has 3 rings (SSSR count). The highest BCUT2D eigenvalue weighted by molar-refractivity contribution is 7.99. The van der Waals surface area contributed by atoms with Crippen molar-refractivity contribution in [3.63, 3.8) is 0 Å². The smallest absolute Gasteiger partial charge is 0.110 e. The molecule has 0 radical (unpaired) electrons. The quantitative estimate of drug-likeness (QED) is 0.906. The molecule has 1 aliphatic heterocycles. The van der Waals surface area contributed by atoms with Gasteiger partial charge in [-0.2, -0.15) is 11.8 Å². The van der Waals surface area contributed by atoms with Gasteiger partial charge in [0.2, 0.25) is 0 Å². The Morgan fingerprint density at radius 2 is 2.29 bits per heavy atom. The van der Waals surface area contributed by atoms with Gasteiger partial charge >= 0.3 is 0 Å². The van der Waals surface area contributed by atoms with E-state index >= 15 is 0 Å². The van der Waals surface area contributed by atoms with Crippen molar-refractivity contribution in [3.05, 3.63) is 16.1 Å². The van der Waals surface area contributed by atoms with Crippen LogP contribution in [0.25, 0.3) is 0 Å². The Kier molecular flexibility index (Phi) is 3.73. The number of aromatic nitrogens is 1. The van der Waals surface area contributed by atoms with E-state index in [1.54, 1.807) is 0 Å². The normalized spacial score (nSPS) is 27.0. The zero-order valence-corrected chi connectivity index (χ0v) is 11.9. The van der Waals surface area contributed by atoms with Gasteiger partial charge in [-0.1, -0.05) is 0 Å². The molecule has 0 aromatic carbocycles. The van der Waals surface area contributed by atoms with Gasteiger partial charge in [0.1, 0.15) is 5.01 Å². The number of thiazole rings is 1. The highest BCUT2D eigenvalue weighted by atomic mass is 32.2. The number of hydrogen-bond acceptors (Lipinski definition) is 4. The molecule has 94 valence electrons. The number of hydrogen-bond donors (Lipinski definition) is 1. The Morgan fingerprint density at radius 3 is 2.88 bits per heavy atom. The minimum absolute atomic E-state index is 0.539. The van der Waals surface area contributed by atoms with Gasteiger partial charge in [-0.05, 0) is 44.3 Å². The highest BCUT2D eigenvalue weighted by Crippen LogP contribution is 2.42. The molecule has 17 heavy (non-hydrogen) atoms. The van der Waals surface area contributed by atoms with Crippen LogP contribution >= 0.6 is 23.1 Å². The summed E-state index contributed by atoms with van der Waals surface area (Å²) in [4.78, 5) is 4.69. The zero-order valence-electron chi connectivity index (χ0n) is 10.3. The summed E-state index contributed by atoms with van der Waals surface area (Å²) in [5.41, 5.74) is 1.18. The SMILES string of the molecule is Cc1csc([C@H](N[C@@H]2CCCSC2)C2CC2)n1. The Balaban J connectivity index is 1.67. The molecule has 2 heterocycles. The molecule has 2 atom stereocenters. The second-order valence-corrected chi connectivity index (χ2v) is 7.26. The standard InChI is InChI=1S/C13H20N2S2/c1-9-7-17-13(14-9)12(10-4-5-10)15-11-3-2-6-16-8-11/h7,10-12,15H,2-6,8H2,1H3/t11-,12-/m1/s1. The first-order valence-electron chi connectivity index (χ1n) is 6.59. The summed E-state index contributed by atoms with van der Waals surface area (Å²) in [6.45, 7) is 2.10. The second kappa shape index (κ2) is 5.29. The minimum atomic E-state index is 0.539. The lowest BCUT2D eigenvalue weighted by molar-refractivity contribution is 0.401. The summed E-state index contributed by atoms with van der Waals surface area (Å²) in [6.07, 6.45) is 5.49. The van der Waals surface area contributed by atoms with Crippen LogP contribution in [0.4, 0.5) is 0 Å². The topological polar surface area (TPSA) is 24.9 Å². The van der Waals surface area contributed by atoms with E-state index in [0.717, 1.165) is 5.92 Å². The summed E-state index contributed by atoms with van der Waals surface area (Å²) < 4.78 is 0. The molecule has 2 aliphatic rings. The van der Waals surface area contributed by atoms with Crippen LogP contribution in [0.1, 0.15) is 42.4 Å². The van der Waals surface area contributed by atoms with Crippen molar-refractivity contribution in [2.75, 3.05) is 11.5 Å². The van der Waals surface area contributed by atoms with Crippen LogP contribution in [0.2, 0.25) is 0 Å². The van der Waals surface area contributed by atoms with Crippen LogP contribution in [0.15, 0.2) is 5.38 Å². The first-order valence-corrected chi connectivity index (χ1v) is 8.62. The fourth-order valence-electron chi connectivity index (χ4n) is 2.48. The first kappa shape index (κ1) is 12.0. The lowest BCUT2D eigenvalue weighted by Gasteiger charge is -2.27. The molecule has 2 nitrogen and oxygen atoms in total. The third-order valence-electron chi connectivity index (χ3n) is 3.57. The summed E-state index contributed by atoms with van der Waals surface area (Å²) in [6, 6.07) is 1.25. The molecular formula is C13H20N2S2. The van der Waals surface area contributed by atoms with E-state index in [1.807, 2.05) is 11.3 Å². The lowest BCUT2D eigenvalue weighted by atomic mass is 10.1. The van der Waals surface area contributed by atoms with Crippen molar-refractivity contribution in [1.29, 1.82) is 0 Å². The van der Waals surface area contributed by atoms with Gasteiger partial charge in [-0.3, -0.25) is 0 Å². The van der Waals surface area contributed by atoms with E-state index in [9.17, 15) is 0 Å². The van der Waals surface area contributed by atoms with Gasteiger partial charge in [0, 0.05) is 22.9 Å². The van der Waals surface area contributed by atoms with Crippen molar-refractivity contribution in [2.45, 2.75) is 44.7 Å². The maximum Gasteiger partial charge on any atom is 0.110 e. The number of nitrogens with one attached hydrogen (secondary N) is 1. The maximum atomic E-state index is 4.69. The van der Waals surface area contributed by atoms with Crippen molar-refractivity contribution < 1.29 is 0 Å². The molecule has 4 heteroatoms. The second-order valence-electron chi connectivity index (χ2n) is 5.22. The number of rotatable bonds is 4. The average molecular weight is 268 g/mol. The Bertz CT molecular complexity index is 367. The molecule has 1 saturated carbocycles. The summed E-state index contributed by atoms with van der Waals surface area (Å²) in [7, 11) is 0. The fraction of sp³-hybridized carbons (Fsp3) is 0.769. The van der Waals surface area contributed by atoms with Crippen LogP contribution in [-0.4, -0.2) is 22.5 Å². The predicted octanol–water partition coefficient (Wildman–Crippen LogP) is 3.39. The molecule has 0 unspecified atom stereocenters. The van der Waals surface area contributed by atoms with E-state index in [1.165, 1.54) is 47.9 Å². The third-order valence-corrected chi connectivity index (χ3v) is 5.83. The zero-order chi connectivity index (χ0) is 11.7. The van der Waals surface area contributed by atoms with E-state index in [4.69, 9.17) is 0 Å². The summed E-state index contributed by atoms with van der Waals surface area (Å²) >= 11 is 3.93. The molecule has 1 aliphatic carbocycles. The van der Waals surface area contributed by atoms with Crippen LogP contribution in [0, 0.1) is 12.8 Å².